The van der Waals surface area contributed by atoms with Crippen LogP contribution in [0.2, 0.25) is 0 Å². The van der Waals surface area contributed by atoms with E-state index in [1.165, 1.54) is 14.2 Å². The number of pyridine rings is 1. The molecule has 17 heteroatoms. The van der Waals surface area contributed by atoms with Gasteiger partial charge in [0.05, 0.1) is 43.1 Å². The number of carbonyl (C=O) groups excluding carboxylic acids is 2. The first-order chi connectivity index (χ1) is 27.4. The van der Waals surface area contributed by atoms with Crippen molar-refractivity contribution in [3.63, 3.8) is 0 Å². The molecule has 1 heterocycles. The molecule has 8 N–H and O–H groups in total. The van der Waals surface area contributed by atoms with Crippen LogP contribution >= 0.6 is 0 Å². The molecule has 5 aromatic rings. The van der Waals surface area contributed by atoms with E-state index in [0.717, 1.165) is 11.8 Å². The summed E-state index contributed by atoms with van der Waals surface area (Å²) in [5.74, 6) is 0.435. The molecule has 0 spiro atoms. The van der Waals surface area contributed by atoms with Crippen molar-refractivity contribution < 1.29 is 42.1 Å². The molecule has 16 nitrogen and oxygen atoms in total. The number of nitrogens with one attached hydrogen (secondary N) is 5. The van der Waals surface area contributed by atoms with E-state index in [-0.39, 0.29) is 41.4 Å². The first-order valence-electron chi connectivity index (χ1n) is 18.1. The number of carboxylic acid groups (broad SMARTS) is 1. The third-order valence-corrected chi connectivity index (χ3v) is 9.40. The number of ether oxygens (including phenoxy) is 3. The van der Waals surface area contributed by atoms with Crippen molar-refractivity contribution in [2.45, 2.75) is 45.1 Å². The Labute approximate surface area is 336 Å². The Hall–Kier alpha value is -6.59. The van der Waals surface area contributed by atoms with Gasteiger partial charge in [0.15, 0.2) is 5.75 Å². The maximum Gasteiger partial charge on any atom is 0.323 e. The van der Waals surface area contributed by atoms with Gasteiger partial charge >= 0.3 is 12.0 Å². The molecular formula is C41H47N7O9S. The Bertz CT molecular complexity index is 2440. The van der Waals surface area contributed by atoms with Gasteiger partial charge in [0.2, 0.25) is 10.0 Å². The smallest absolute Gasteiger partial charge is 0.323 e. The number of aliphatic carboxylic acids is 1. The lowest BCUT2D eigenvalue weighted by Gasteiger charge is -2.24. The van der Waals surface area contributed by atoms with Crippen molar-refractivity contribution in [1.29, 1.82) is 0 Å². The van der Waals surface area contributed by atoms with E-state index >= 15 is 0 Å². The normalized spacial score (nSPS) is 11.9. The second-order valence-corrected chi connectivity index (χ2v) is 16.1. The van der Waals surface area contributed by atoms with Gasteiger partial charge < -0.3 is 46.3 Å². The van der Waals surface area contributed by atoms with E-state index in [4.69, 9.17) is 25.1 Å². The number of methoxy groups -OCH3 is 2. The van der Waals surface area contributed by atoms with Crippen molar-refractivity contribution in [3.8, 4) is 23.0 Å². The average Bonchev–Trinajstić information content (AvgIpc) is 3.16. The minimum Gasteiger partial charge on any atom is -0.496 e. The number of aromatic nitrogens is 1. The van der Waals surface area contributed by atoms with Gasteiger partial charge in [-0.05, 0) is 66.3 Å². The lowest BCUT2D eigenvalue weighted by atomic mass is 9.86. The highest BCUT2D eigenvalue weighted by Gasteiger charge is 2.23. The van der Waals surface area contributed by atoms with Crippen LogP contribution in [0.4, 0.5) is 33.4 Å². The van der Waals surface area contributed by atoms with Crippen molar-refractivity contribution in [2.75, 3.05) is 47.7 Å². The largest absolute Gasteiger partial charge is 0.496 e. The third-order valence-electron chi connectivity index (χ3n) is 8.81. The number of sulfonamides is 1. The Balaban J connectivity index is 1.30. The number of anilines is 5. The number of fused-ring (bicyclic) bond motifs is 1. The van der Waals surface area contributed by atoms with Crippen molar-refractivity contribution in [3.05, 3.63) is 96.2 Å². The van der Waals surface area contributed by atoms with Crippen LogP contribution in [0.15, 0.2) is 85.1 Å². The highest BCUT2D eigenvalue weighted by molar-refractivity contribution is 7.92. The fourth-order valence-corrected chi connectivity index (χ4v) is 6.46. The predicted octanol–water partition coefficient (Wildman–Crippen LogP) is 7.02. The molecule has 0 unspecified atom stereocenters. The molecule has 5 rings (SSSR count). The Kier molecular flexibility index (Phi) is 13.3. The Morgan fingerprint density at radius 1 is 0.862 bits per heavy atom. The lowest BCUT2D eigenvalue weighted by molar-refractivity contribution is -0.138. The van der Waals surface area contributed by atoms with Crippen LogP contribution in [-0.4, -0.2) is 69.5 Å². The topological polar surface area (TPSA) is 232 Å². The number of urea groups is 1. The molecule has 0 fully saturated rings. The summed E-state index contributed by atoms with van der Waals surface area (Å²) in [7, 11) is -0.812. The fraction of sp³-hybridized carbons (Fsp3) is 0.268. The van der Waals surface area contributed by atoms with E-state index in [2.05, 4.69) is 31.0 Å². The van der Waals surface area contributed by atoms with E-state index in [0.29, 0.717) is 57.2 Å². The van der Waals surface area contributed by atoms with Crippen molar-refractivity contribution >= 4 is 67.3 Å². The summed E-state index contributed by atoms with van der Waals surface area (Å²) in [5.41, 5.74) is 7.77. The minimum atomic E-state index is -3.66. The monoisotopic (exact) mass is 813 g/mol. The predicted molar refractivity (Wildman–Crippen MR) is 225 cm³/mol. The number of rotatable bonds is 16. The highest BCUT2D eigenvalue weighted by Crippen LogP contribution is 2.40. The summed E-state index contributed by atoms with van der Waals surface area (Å²) in [4.78, 5) is 41.6. The number of benzene rings is 4. The lowest BCUT2D eigenvalue weighted by Crippen LogP contribution is -2.32. The SMILES string of the molecule is COc1cc(Nc2cc(Oc3ccc(NC(=O)Nc4cc(C(C)(C)C)cc(NS(C)(=O)=O)c4OC)c4ccccc34)ccn2)ccc1C(=O)NCCC[C@@H](N)C(=O)O. The summed E-state index contributed by atoms with van der Waals surface area (Å²) in [6, 6.07) is 21.1. The number of hydrogen-bond donors (Lipinski definition) is 7. The molecular weight excluding hydrogens is 767 g/mol. The van der Waals surface area contributed by atoms with Crippen LogP contribution in [-0.2, 0) is 20.2 Å². The van der Waals surface area contributed by atoms with Gasteiger partial charge in [-0.2, -0.15) is 0 Å². The molecule has 0 aliphatic carbocycles. The molecule has 58 heavy (non-hydrogen) atoms. The molecule has 0 aliphatic rings. The first kappa shape index (κ1) is 42.6. The first-order valence-corrected chi connectivity index (χ1v) is 20.0. The molecule has 0 aliphatic heterocycles. The molecule has 0 saturated carbocycles. The molecule has 3 amide bonds. The summed E-state index contributed by atoms with van der Waals surface area (Å²) < 4.78 is 44.1. The Morgan fingerprint density at radius 3 is 2.24 bits per heavy atom. The van der Waals surface area contributed by atoms with Gasteiger partial charge in [0.25, 0.3) is 5.91 Å². The zero-order chi connectivity index (χ0) is 42.2. The van der Waals surface area contributed by atoms with Crippen LogP contribution in [0.5, 0.6) is 23.0 Å². The maximum atomic E-state index is 13.5. The summed E-state index contributed by atoms with van der Waals surface area (Å²) in [5, 5.41) is 22.0. The van der Waals surface area contributed by atoms with Crippen molar-refractivity contribution in [1.82, 2.24) is 10.3 Å². The zero-order valence-corrected chi connectivity index (χ0v) is 33.7. The van der Waals surface area contributed by atoms with Crippen LogP contribution in [0, 0.1) is 0 Å². The second kappa shape index (κ2) is 18.1. The van der Waals surface area contributed by atoms with Gasteiger partial charge in [-0.25, -0.2) is 18.2 Å². The van der Waals surface area contributed by atoms with E-state index in [1.54, 1.807) is 60.8 Å². The number of carbonyl (C=O) groups is 3. The van der Waals surface area contributed by atoms with Crippen LogP contribution in [0.25, 0.3) is 10.8 Å². The maximum absolute atomic E-state index is 13.5. The van der Waals surface area contributed by atoms with Crippen LogP contribution < -0.4 is 45.9 Å². The van der Waals surface area contributed by atoms with Crippen molar-refractivity contribution in [2.24, 2.45) is 5.73 Å². The standard InChI is InChI=1S/C41H47N7O9S/c1-41(2,3)24-20-32(37(56-5)33(21-24)48-58(6,53)54)47-40(52)46-31-15-16-34(28-11-8-7-10-27(28)31)57-26-17-19-43-36(23-26)45-25-13-14-29(35(22-25)55-4)38(49)44-18-9-12-30(42)39(50)51/h7-8,10-11,13-17,19-23,30,48H,9,12,18,42H2,1-6H3,(H,43,45)(H,44,49)(H,50,51)(H2,46,47,52)/t30-/m1/s1. The molecule has 306 valence electrons. The van der Waals surface area contributed by atoms with Gasteiger partial charge in [0, 0.05) is 41.3 Å². The summed E-state index contributed by atoms with van der Waals surface area (Å²) in [6.07, 6.45) is 3.25. The number of amides is 3. The minimum absolute atomic E-state index is 0.154. The molecule has 0 saturated heterocycles. The number of nitrogens with zero attached hydrogens (tertiary/aromatic N) is 1. The van der Waals surface area contributed by atoms with E-state index < -0.39 is 28.1 Å². The zero-order valence-electron chi connectivity index (χ0n) is 32.9. The average molecular weight is 814 g/mol. The van der Waals surface area contributed by atoms with Gasteiger partial charge in [0.1, 0.15) is 29.1 Å². The number of hydrogen-bond acceptors (Lipinski definition) is 11. The molecule has 1 aromatic heterocycles. The highest BCUT2D eigenvalue weighted by atomic mass is 32.2. The molecule has 0 radical (unpaired) electrons. The van der Waals surface area contributed by atoms with E-state index in [1.807, 2.05) is 45.0 Å². The number of carboxylic acids is 1. The van der Waals surface area contributed by atoms with Gasteiger partial charge in [-0.1, -0.05) is 45.0 Å². The molecule has 1 atom stereocenters. The summed E-state index contributed by atoms with van der Waals surface area (Å²) >= 11 is 0. The molecule has 0 bridgehead atoms. The van der Waals surface area contributed by atoms with Crippen LogP contribution in [0.3, 0.4) is 0 Å². The summed E-state index contributed by atoms with van der Waals surface area (Å²) in [6.45, 7) is 6.16. The van der Waals surface area contributed by atoms with Crippen LogP contribution in [0.1, 0.15) is 49.5 Å². The number of nitrogens with two attached hydrogens (primary N) is 1. The second-order valence-electron chi connectivity index (χ2n) is 14.3. The molecule has 4 aromatic carbocycles. The third kappa shape index (κ3) is 11.0. The Morgan fingerprint density at radius 2 is 1.57 bits per heavy atom. The quantitative estimate of drug-likeness (QED) is 0.0498. The fourth-order valence-electron chi connectivity index (χ4n) is 5.91. The van der Waals surface area contributed by atoms with Gasteiger partial charge in [-0.3, -0.25) is 14.3 Å². The van der Waals surface area contributed by atoms with Gasteiger partial charge in [-0.15, -0.1) is 0 Å². The van der Waals surface area contributed by atoms with E-state index in [9.17, 15) is 22.8 Å².